The van der Waals surface area contributed by atoms with Crippen LogP contribution in [0.1, 0.15) is 11.1 Å². The van der Waals surface area contributed by atoms with E-state index in [-0.39, 0.29) is 18.2 Å². The SMILES string of the molecule is Cc1cc(Br)cc(C=NNC(=O)CNc2ccc3ccccc3c2)c1O. The van der Waals surface area contributed by atoms with Gasteiger partial charge >= 0.3 is 0 Å². The van der Waals surface area contributed by atoms with Crippen LogP contribution in [0, 0.1) is 6.92 Å². The third kappa shape index (κ3) is 4.40. The molecule has 132 valence electrons. The standard InChI is InChI=1S/C20H18BrN3O2/c1-13-8-17(21)9-16(20(13)26)11-23-24-19(25)12-22-18-7-6-14-4-2-3-5-15(14)10-18/h2-11,22,26H,12H2,1H3,(H,24,25). The van der Waals surface area contributed by atoms with Crippen molar-refractivity contribution in [2.45, 2.75) is 6.92 Å². The Morgan fingerprint density at radius 2 is 1.92 bits per heavy atom. The second-order valence-corrected chi connectivity index (χ2v) is 6.78. The molecule has 0 radical (unpaired) electrons. The number of carbonyl (C=O) groups excluding carboxylic acids is 1. The van der Waals surface area contributed by atoms with Crippen LogP contribution in [0.25, 0.3) is 10.8 Å². The number of fused-ring (bicyclic) bond motifs is 1. The maximum Gasteiger partial charge on any atom is 0.259 e. The van der Waals surface area contributed by atoms with Crippen LogP contribution < -0.4 is 10.7 Å². The number of carbonyl (C=O) groups is 1. The Morgan fingerprint density at radius 1 is 1.15 bits per heavy atom. The van der Waals surface area contributed by atoms with E-state index < -0.39 is 0 Å². The molecule has 26 heavy (non-hydrogen) atoms. The van der Waals surface area contributed by atoms with Gasteiger partial charge in [0.15, 0.2) is 0 Å². The van der Waals surface area contributed by atoms with Gasteiger partial charge in [-0.3, -0.25) is 4.79 Å². The first kappa shape index (κ1) is 17.9. The zero-order valence-electron chi connectivity index (χ0n) is 14.2. The molecule has 3 aromatic rings. The highest BCUT2D eigenvalue weighted by atomic mass is 79.9. The molecule has 0 atom stereocenters. The van der Waals surface area contributed by atoms with Crippen LogP contribution >= 0.6 is 15.9 Å². The summed E-state index contributed by atoms with van der Waals surface area (Å²) in [7, 11) is 0. The maximum atomic E-state index is 11.9. The molecule has 3 N–H and O–H groups in total. The lowest BCUT2D eigenvalue weighted by Crippen LogP contribution is -2.25. The fraction of sp³-hybridized carbons (Fsp3) is 0.100. The van der Waals surface area contributed by atoms with Crippen LogP contribution in [0.4, 0.5) is 5.69 Å². The summed E-state index contributed by atoms with van der Waals surface area (Å²) < 4.78 is 0.832. The number of phenolic OH excluding ortho intramolecular Hbond substituents is 1. The Balaban J connectivity index is 1.57. The number of anilines is 1. The monoisotopic (exact) mass is 411 g/mol. The molecule has 0 bridgehead atoms. The van der Waals surface area contributed by atoms with Crippen molar-refractivity contribution in [2.75, 3.05) is 11.9 Å². The minimum absolute atomic E-state index is 0.0964. The molecule has 0 aliphatic carbocycles. The Morgan fingerprint density at radius 3 is 2.73 bits per heavy atom. The van der Waals surface area contributed by atoms with Crippen molar-refractivity contribution in [1.82, 2.24) is 5.43 Å². The summed E-state index contributed by atoms with van der Waals surface area (Å²) in [5.41, 5.74) is 4.56. The number of aryl methyl sites for hydroxylation is 1. The van der Waals surface area contributed by atoms with E-state index in [2.05, 4.69) is 31.8 Å². The van der Waals surface area contributed by atoms with Crippen LogP contribution in [-0.4, -0.2) is 23.8 Å². The molecule has 1 amide bonds. The molecule has 0 aromatic heterocycles. The summed E-state index contributed by atoms with van der Waals surface area (Å²) in [5.74, 6) is -0.138. The lowest BCUT2D eigenvalue weighted by Gasteiger charge is -2.07. The summed E-state index contributed by atoms with van der Waals surface area (Å²) in [4.78, 5) is 11.9. The van der Waals surface area contributed by atoms with Gasteiger partial charge in [0.1, 0.15) is 5.75 Å². The van der Waals surface area contributed by atoms with Gasteiger partial charge in [0, 0.05) is 15.7 Å². The predicted octanol–water partition coefficient (Wildman–Crippen LogP) is 4.18. The largest absolute Gasteiger partial charge is 0.507 e. The summed E-state index contributed by atoms with van der Waals surface area (Å²) in [6.07, 6.45) is 1.42. The molecule has 3 rings (SSSR count). The van der Waals surface area contributed by atoms with Gasteiger partial charge in [-0.05, 0) is 47.5 Å². The number of hydrogen-bond donors (Lipinski definition) is 3. The predicted molar refractivity (Wildman–Crippen MR) is 109 cm³/mol. The van der Waals surface area contributed by atoms with E-state index in [1.54, 1.807) is 19.1 Å². The van der Waals surface area contributed by atoms with E-state index in [0.717, 1.165) is 26.5 Å². The Labute approximate surface area is 159 Å². The van der Waals surface area contributed by atoms with E-state index in [1.807, 2.05) is 42.5 Å². The second-order valence-electron chi connectivity index (χ2n) is 5.87. The molecule has 5 nitrogen and oxygen atoms in total. The highest BCUT2D eigenvalue weighted by Crippen LogP contribution is 2.25. The van der Waals surface area contributed by atoms with Crippen LogP contribution in [-0.2, 0) is 4.79 Å². The molecule has 0 saturated heterocycles. The molecule has 0 heterocycles. The van der Waals surface area contributed by atoms with Gasteiger partial charge < -0.3 is 10.4 Å². The average Bonchev–Trinajstić information content (AvgIpc) is 2.63. The van der Waals surface area contributed by atoms with E-state index in [9.17, 15) is 9.90 Å². The minimum atomic E-state index is -0.277. The molecule has 0 saturated carbocycles. The molecule has 0 aliphatic heterocycles. The highest BCUT2D eigenvalue weighted by molar-refractivity contribution is 9.10. The number of nitrogens with zero attached hydrogens (tertiary/aromatic N) is 1. The van der Waals surface area contributed by atoms with Crippen molar-refractivity contribution in [2.24, 2.45) is 5.10 Å². The summed E-state index contributed by atoms with van der Waals surface area (Å²) >= 11 is 3.37. The lowest BCUT2D eigenvalue weighted by molar-refractivity contribution is -0.119. The first-order valence-electron chi connectivity index (χ1n) is 8.06. The molecule has 0 unspecified atom stereocenters. The zero-order valence-corrected chi connectivity index (χ0v) is 15.7. The number of hydrazone groups is 1. The maximum absolute atomic E-state index is 11.9. The van der Waals surface area contributed by atoms with Crippen molar-refractivity contribution in [3.63, 3.8) is 0 Å². The summed E-state index contributed by atoms with van der Waals surface area (Å²) in [6.45, 7) is 1.89. The normalized spacial score (nSPS) is 11.0. The topological polar surface area (TPSA) is 73.7 Å². The zero-order chi connectivity index (χ0) is 18.5. The minimum Gasteiger partial charge on any atom is -0.507 e. The number of amides is 1. The van der Waals surface area contributed by atoms with Crippen LogP contribution in [0.2, 0.25) is 0 Å². The van der Waals surface area contributed by atoms with E-state index in [0.29, 0.717) is 5.56 Å². The van der Waals surface area contributed by atoms with Gasteiger partial charge in [-0.1, -0.05) is 46.3 Å². The smallest absolute Gasteiger partial charge is 0.259 e. The number of hydrogen-bond acceptors (Lipinski definition) is 4. The molecule has 0 aliphatic rings. The van der Waals surface area contributed by atoms with Gasteiger partial charge in [-0.15, -0.1) is 0 Å². The lowest BCUT2D eigenvalue weighted by atomic mass is 10.1. The number of aromatic hydroxyl groups is 1. The third-order valence-corrected chi connectivity index (χ3v) is 4.35. The molecular weight excluding hydrogens is 394 g/mol. The van der Waals surface area contributed by atoms with Gasteiger partial charge in [0.05, 0.1) is 12.8 Å². The van der Waals surface area contributed by atoms with Gasteiger partial charge in [-0.2, -0.15) is 5.10 Å². The van der Waals surface area contributed by atoms with E-state index in [1.165, 1.54) is 6.21 Å². The average molecular weight is 412 g/mol. The third-order valence-electron chi connectivity index (χ3n) is 3.89. The first-order chi connectivity index (χ1) is 12.5. The Bertz CT molecular complexity index is 986. The summed E-state index contributed by atoms with van der Waals surface area (Å²) in [5, 5.41) is 19.2. The van der Waals surface area contributed by atoms with Gasteiger partial charge in [0.2, 0.25) is 0 Å². The van der Waals surface area contributed by atoms with Gasteiger partial charge in [0.25, 0.3) is 5.91 Å². The fourth-order valence-corrected chi connectivity index (χ4v) is 3.14. The van der Waals surface area contributed by atoms with Crippen molar-refractivity contribution in [3.8, 4) is 5.75 Å². The molecule has 0 spiro atoms. The molecular formula is C20H18BrN3O2. The first-order valence-corrected chi connectivity index (χ1v) is 8.86. The van der Waals surface area contributed by atoms with E-state index in [4.69, 9.17) is 0 Å². The fourth-order valence-electron chi connectivity index (χ4n) is 2.55. The molecule has 0 fully saturated rings. The van der Waals surface area contributed by atoms with Gasteiger partial charge in [-0.25, -0.2) is 5.43 Å². The van der Waals surface area contributed by atoms with Crippen molar-refractivity contribution in [3.05, 3.63) is 70.2 Å². The van der Waals surface area contributed by atoms with Crippen LogP contribution in [0.15, 0.2) is 64.2 Å². The number of rotatable bonds is 5. The summed E-state index contributed by atoms with van der Waals surface area (Å²) in [6, 6.07) is 17.5. The number of benzene rings is 3. The number of halogens is 1. The van der Waals surface area contributed by atoms with Crippen molar-refractivity contribution in [1.29, 1.82) is 0 Å². The quantitative estimate of drug-likeness (QED) is 0.435. The van der Waals surface area contributed by atoms with E-state index >= 15 is 0 Å². The second kappa shape index (κ2) is 8.01. The molecule has 3 aromatic carbocycles. The van der Waals surface area contributed by atoms with Crippen molar-refractivity contribution < 1.29 is 9.90 Å². The Kier molecular flexibility index (Phi) is 5.53. The molecule has 6 heteroatoms. The van der Waals surface area contributed by atoms with Crippen LogP contribution in [0.5, 0.6) is 5.75 Å². The van der Waals surface area contributed by atoms with Crippen LogP contribution in [0.3, 0.4) is 0 Å². The highest BCUT2D eigenvalue weighted by Gasteiger charge is 2.05. The number of nitrogens with one attached hydrogen (secondary N) is 2. The van der Waals surface area contributed by atoms with Crippen molar-refractivity contribution >= 4 is 44.5 Å². The number of phenols is 1. The Hall–Kier alpha value is -2.86.